The molecule has 3 rings (SSSR count). The first-order valence-corrected chi connectivity index (χ1v) is 9.20. The molecule has 27 heavy (non-hydrogen) atoms. The maximum absolute atomic E-state index is 12.6. The average Bonchev–Trinajstić information content (AvgIpc) is 3.10. The van der Waals surface area contributed by atoms with Gasteiger partial charge in [-0.2, -0.15) is 0 Å². The highest BCUT2D eigenvalue weighted by molar-refractivity contribution is 5.99. The molecule has 0 aliphatic heterocycles. The zero-order valence-electron chi connectivity index (χ0n) is 15.8. The van der Waals surface area contributed by atoms with Crippen molar-refractivity contribution < 1.29 is 9.53 Å². The molecule has 2 aromatic carbocycles. The van der Waals surface area contributed by atoms with Gasteiger partial charge in [0.15, 0.2) is 5.78 Å². The molecule has 3 heteroatoms. The topological polar surface area (TPSA) is 29.5 Å². The van der Waals surface area contributed by atoms with Crippen molar-refractivity contribution in [2.24, 2.45) is 0 Å². The third-order valence-electron chi connectivity index (χ3n) is 4.77. The number of anilines is 1. The molecule has 0 fully saturated rings. The van der Waals surface area contributed by atoms with Crippen LogP contribution >= 0.6 is 0 Å². The van der Waals surface area contributed by atoms with Crippen LogP contribution in [0.15, 0.2) is 91.1 Å². The van der Waals surface area contributed by atoms with Gasteiger partial charge in [-0.15, -0.1) is 0 Å². The molecule has 0 amide bonds. The van der Waals surface area contributed by atoms with E-state index in [2.05, 4.69) is 11.0 Å². The first-order chi connectivity index (χ1) is 13.2. The Morgan fingerprint density at radius 1 is 1.04 bits per heavy atom. The Morgan fingerprint density at radius 3 is 2.44 bits per heavy atom. The maximum atomic E-state index is 12.6. The first-order valence-electron chi connectivity index (χ1n) is 9.20. The van der Waals surface area contributed by atoms with Crippen LogP contribution in [0.1, 0.15) is 18.4 Å². The van der Waals surface area contributed by atoms with Gasteiger partial charge in [-0.05, 0) is 42.8 Å². The summed E-state index contributed by atoms with van der Waals surface area (Å²) in [6.45, 7) is 2.71. The van der Waals surface area contributed by atoms with E-state index in [4.69, 9.17) is 4.74 Å². The minimum Gasteiger partial charge on any atom is -0.497 e. The summed E-state index contributed by atoms with van der Waals surface area (Å²) < 4.78 is 5.29. The summed E-state index contributed by atoms with van der Waals surface area (Å²) in [6, 6.07) is 18.0. The Kier molecular flexibility index (Phi) is 6.26. The highest BCUT2D eigenvalue weighted by atomic mass is 16.5. The van der Waals surface area contributed by atoms with E-state index in [-0.39, 0.29) is 17.7 Å². The largest absolute Gasteiger partial charge is 0.497 e. The van der Waals surface area contributed by atoms with E-state index in [1.165, 1.54) is 0 Å². The van der Waals surface area contributed by atoms with Crippen LogP contribution in [-0.4, -0.2) is 25.5 Å². The predicted octanol–water partition coefficient (Wildman–Crippen LogP) is 4.93. The van der Waals surface area contributed by atoms with Crippen molar-refractivity contribution in [2.45, 2.75) is 18.9 Å². The summed E-state index contributed by atoms with van der Waals surface area (Å²) in [6.07, 6.45) is 11.9. The number of hydrogen-bond donors (Lipinski definition) is 0. The second-order valence-electron chi connectivity index (χ2n) is 6.44. The third kappa shape index (κ3) is 4.37. The SMILES string of the molecule is C/C=C/C=C/CN(c1ccc(OC)cc1)[C@H]1C=CC(=O)[C@@H]1c1ccccc1. The van der Waals surface area contributed by atoms with Crippen molar-refractivity contribution in [1.29, 1.82) is 0 Å². The number of carbonyl (C=O) groups excluding carboxylic acids is 1. The van der Waals surface area contributed by atoms with Crippen LogP contribution in [0.4, 0.5) is 5.69 Å². The molecule has 0 aromatic heterocycles. The number of nitrogens with zero attached hydrogens (tertiary/aromatic N) is 1. The van der Waals surface area contributed by atoms with Crippen molar-refractivity contribution in [3.63, 3.8) is 0 Å². The molecular formula is C24H25NO2. The number of benzene rings is 2. The van der Waals surface area contributed by atoms with Gasteiger partial charge in [-0.25, -0.2) is 0 Å². The fraction of sp³-hybridized carbons (Fsp3) is 0.208. The summed E-state index contributed by atoms with van der Waals surface area (Å²) in [5.41, 5.74) is 2.11. The van der Waals surface area contributed by atoms with Crippen LogP contribution in [0.5, 0.6) is 5.75 Å². The summed E-state index contributed by atoms with van der Waals surface area (Å²) >= 11 is 0. The number of rotatable bonds is 7. The molecule has 0 N–H and O–H groups in total. The molecule has 0 heterocycles. The second kappa shape index (κ2) is 9.04. The van der Waals surface area contributed by atoms with E-state index >= 15 is 0 Å². The fourth-order valence-corrected chi connectivity index (χ4v) is 3.42. The number of ketones is 1. The van der Waals surface area contributed by atoms with E-state index in [1.807, 2.05) is 85.8 Å². The molecule has 0 bridgehead atoms. The smallest absolute Gasteiger partial charge is 0.165 e. The molecule has 0 saturated carbocycles. The molecule has 0 unspecified atom stereocenters. The van der Waals surface area contributed by atoms with E-state index in [1.54, 1.807) is 13.2 Å². The molecule has 2 aromatic rings. The summed E-state index contributed by atoms with van der Waals surface area (Å²) in [5, 5.41) is 0. The van der Waals surface area contributed by atoms with E-state index in [9.17, 15) is 4.79 Å². The zero-order chi connectivity index (χ0) is 19.1. The Balaban J connectivity index is 1.94. The number of ether oxygens (including phenoxy) is 1. The van der Waals surface area contributed by atoms with Crippen molar-refractivity contribution >= 4 is 11.5 Å². The number of allylic oxidation sites excluding steroid dienone is 4. The quantitative estimate of drug-likeness (QED) is 0.657. The first kappa shape index (κ1) is 18.7. The van der Waals surface area contributed by atoms with Gasteiger partial charge in [0.2, 0.25) is 0 Å². The molecule has 0 saturated heterocycles. The lowest BCUT2D eigenvalue weighted by molar-refractivity contribution is -0.115. The lowest BCUT2D eigenvalue weighted by atomic mass is 9.91. The van der Waals surface area contributed by atoms with Gasteiger partial charge < -0.3 is 9.64 Å². The van der Waals surface area contributed by atoms with E-state index < -0.39 is 0 Å². The Bertz CT molecular complexity index is 834. The number of hydrogen-bond acceptors (Lipinski definition) is 3. The normalized spacial score (nSPS) is 19.3. The molecule has 2 atom stereocenters. The van der Waals surface area contributed by atoms with E-state index in [0.717, 1.165) is 17.0 Å². The third-order valence-corrected chi connectivity index (χ3v) is 4.77. The van der Waals surface area contributed by atoms with Crippen LogP contribution in [0.3, 0.4) is 0 Å². The van der Waals surface area contributed by atoms with Gasteiger partial charge in [0.1, 0.15) is 5.75 Å². The van der Waals surface area contributed by atoms with Crippen molar-refractivity contribution in [3.05, 3.63) is 96.6 Å². The summed E-state index contributed by atoms with van der Waals surface area (Å²) in [5.74, 6) is 0.784. The second-order valence-corrected chi connectivity index (χ2v) is 6.44. The van der Waals surface area contributed by atoms with Gasteiger partial charge in [0.25, 0.3) is 0 Å². The van der Waals surface area contributed by atoms with Gasteiger partial charge in [-0.3, -0.25) is 4.79 Å². The highest BCUT2D eigenvalue weighted by Crippen LogP contribution is 2.34. The van der Waals surface area contributed by atoms with E-state index in [0.29, 0.717) is 6.54 Å². The molecule has 1 aliphatic carbocycles. The van der Waals surface area contributed by atoms with Crippen molar-refractivity contribution in [1.82, 2.24) is 0 Å². The van der Waals surface area contributed by atoms with Crippen molar-refractivity contribution in [2.75, 3.05) is 18.6 Å². The van der Waals surface area contributed by atoms with Crippen LogP contribution in [0.25, 0.3) is 0 Å². The number of carbonyl (C=O) groups is 1. The summed E-state index contributed by atoms with van der Waals surface area (Å²) in [4.78, 5) is 14.9. The standard InChI is InChI=1S/C24H25NO2/c1-3-4-5-9-18-25(20-12-14-21(27-2)15-13-20)22-16-17-23(26)24(22)19-10-7-6-8-11-19/h3-17,22,24H,18H2,1-2H3/b4-3+,9-5+/t22-,24+/m0/s1. The van der Waals surface area contributed by atoms with Crippen LogP contribution in [0.2, 0.25) is 0 Å². The average molecular weight is 359 g/mol. The van der Waals surface area contributed by atoms with Gasteiger partial charge in [0.05, 0.1) is 19.1 Å². The molecule has 1 aliphatic rings. The lowest BCUT2D eigenvalue weighted by Crippen LogP contribution is -2.38. The molecule has 138 valence electrons. The lowest BCUT2D eigenvalue weighted by Gasteiger charge is -2.33. The Labute approximate surface area is 161 Å². The maximum Gasteiger partial charge on any atom is 0.165 e. The molecule has 0 radical (unpaired) electrons. The van der Waals surface area contributed by atoms with Gasteiger partial charge >= 0.3 is 0 Å². The Morgan fingerprint density at radius 2 is 1.78 bits per heavy atom. The predicted molar refractivity (Wildman–Crippen MR) is 111 cm³/mol. The van der Waals surface area contributed by atoms with Crippen LogP contribution in [0, 0.1) is 0 Å². The monoisotopic (exact) mass is 359 g/mol. The minimum absolute atomic E-state index is 0.0245. The van der Waals surface area contributed by atoms with Crippen molar-refractivity contribution in [3.8, 4) is 5.75 Å². The molecule has 3 nitrogen and oxygen atoms in total. The fourth-order valence-electron chi connectivity index (χ4n) is 3.42. The number of methoxy groups -OCH3 is 1. The van der Waals surface area contributed by atoms with Crippen LogP contribution in [-0.2, 0) is 4.79 Å². The van der Waals surface area contributed by atoms with Gasteiger partial charge in [-0.1, -0.05) is 60.7 Å². The Hall–Kier alpha value is -3.07. The minimum atomic E-state index is -0.191. The zero-order valence-corrected chi connectivity index (χ0v) is 15.8. The molecule has 0 spiro atoms. The molecular weight excluding hydrogens is 334 g/mol. The van der Waals surface area contributed by atoms with Gasteiger partial charge in [0, 0.05) is 12.2 Å². The highest BCUT2D eigenvalue weighted by Gasteiger charge is 2.35. The van der Waals surface area contributed by atoms with Crippen LogP contribution < -0.4 is 9.64 Å². The summed E-state index contributed by atoms with van der Waals surface area (Å²) in [7, 11) is 1.66.